The number of hydrogen-bond donors (Lipinski definition) is 0. The number of benzene rings is 1. The van der Waals surface area contributed by atoms with E-state index in [4.69, 9.17) is 14.2 Å². The fraction of sp³-hybridized carbons (Fsp3) is 0.417. The SMILES string of the molecule is CCOC(=O)Cc1cc(OC)c(OC)cc1I. The third kappa shape index (κ3) is 3.76. The minimum absolute atomic E-state index is 0.238. The maximum absolute atomic E-state index is 11.4. The average molecular weight is 350 g/mol. The number of methoxy groups -OCH3 is 2. The maximum Gasteiger partial charge on any atom is 0.310 e. The van der Waals surface area contributed by atoms with Gasteiger partial charge in [0.25, 0.3) is 0 Å². The molecule has 0 aliphatic carbocycles. The average Bonchev–Trinajstić information content (AvgIpc) is 2.31. The lowest BCUT2D eigenvalue weighted by Gasteiger charge is -2.11. The summed E-state index contributed by atoms with van der Waals surface area (Å²) in [6.45, 7) is 2.18. The molecule has 0 saturated heterocycles. The van der Waals surface area contributed by atoms with Gasteiger partial charge in [-0.2, -0.15) is 0 Å². The van der Waals surface area contributed by atoms with E-state index >= 15 is 0 Å². The van der Waals surface area contributed by atoms with Gasteiger partial charge in [-0.15, -0.1) is 0 Å². The minimum atomic E-state index is -0.238. The Kier molecular flexibility index (Phi) is 5.54. The molecule has 4 nitrogen and oxygen atoms in total. The molecule has 1 aromatic rings. The Hall–Kier alpha value is -0.980. The van der Waals surface area contributed by atoms with Crippen molar-refractivity contribution in [3.05, 3.63) is 21.3 Å². The van der Waals surface area contributed by atoms with Crippen LogP contribution in [-0.4, -0.2) is 26.8 Å². The van der Waals surface area contributed by atoms with Crippen LogP contribution in [-0.2, 0) is 16.0 Å². The summed E-state index contributed by atoms with van der Waals surface area (Å²) in [6, 6.07) is 3.64. The Balaban J connectivity index is 2.96. The fourth-order valence-electron chi connectivity index (χ4n) is 1.40. The Bertz CT molecular complexity index is 404. The second-order valence-corrected chi connectivity index (χ2v) is 4.44. The maximum atomic E-state index is 11.4. The summed E-state index contributed by atoms with van der Waals surface area (Å²) in [5.41, 5.74) is 0.877. The van der Waals surface area contributed by atoms with Crippen LogP contribution >= 0.6 is 22.6 Å². The van der Waals surface area contributed by atoms with Gasteiger partial charge in [0, 0.05) is 3.57 Å². The number of esters is 1. The summed E-state index contributed by atoms with van der Waals surface area (Å²) in [5.74, 6) is 1.04. The predicted octanol–water partition coefficient (Wildman–Crippen LogP) is 2.41. The van der Waals surface area contributed by atoms with E-state index in [9.17, 15) is 4.79 Å². The van der Waals surface area contributed by atoms with E-state index in [0.717, 1.165) is 9.13 Å². The molecule has 1 aromatic carbocycles. The number of hydrogen-bond acceptors (Lipinski definition) is 4. The van der Waals surface area contributed by atoms with Crippen LogP contribution in [0.25, 0.3) is 0 Å². The van der Waals surface area contributed by atoms with Crippen LogP contribution in [0.2, 0.25) is 0 Å². The van der Waals surface area contributed by atoms with Gasteiger partial charge in [-0.05, 0) is 47.2 Å². The number of halogens is 1. The van der Waals surface area contributed by atoms with Crippen molar-refractivity contribution in [1.82, 2.24) is 0 Å². The van der Waals surface area contributed by atoms with Crippen LogP contribution in [0.1, 0.15) is 12.5 Å². The number of rotatable bonds is 5. The van der Waals surface area contributed by atoms with E-state index in [2.05, 4.69) is 22.6 Å². The first kappa shape index (κ1) is 14.1. The second kappa shape index (κ2) is 6.68. The molecule has 0 radical (unpaired) electrons. The highest BCUT2D eigenvalue weighted by molar-refractivity contribution is 14.1. The van der Waals surface area contributed by atoms with Crippen molar-refractivity contribution in [1.29, 1.82) is 0 Å². The number of carbonyl (C=O) groups is 1. The molecule has 0 amide bonds. The van der Waals surface area contributed by atoms with Gasteiger partial charge in [0.2, 0.25) is 0 Å². The van der Waals surface area contributed by atoms with Gasteiger partial charge in [-0.1, -0.05) is 0 Å². The van der Waals surface area contributed by atoms with E-state index in [-0.39, 0.29) is 12.4 Å². The molecule has 17 heavy (non-hydrogen) atoms. The standard InChI is InChI=1S/C12H15IO4/c1-4-17-12(14)6-8-5-10(15-2)11(16-3)7-9(8)13/h5,7H,4,6H2,1-3H3. The highest BCUT2D eigenvalue weighted by atomic mass is 127. The molecule has 0 heterocycles. The summed E-state index contributed by atoms with van der Waals surface area (Å²) in [4.78, 5) is 11.4. The molecule has 0 saturated carbocycles. The molecule has 0 aliphatic heterocycles. The molecule has 0 aliphatic rings. The third-order valence-corrected chi connectivity index (χ3v) is 3.20. The molecule has 0 spiro atoms. The van der Waals surface area contributed by atoms with E-state index in [1.54, 1.807) is 27.2 Å². The Morgan fingerprint density at radius 1 is 1.24 bits per heavy atom. The van der Waals surface area contributed by atoms with Gasteiger partial charge in [-0.3, -0.25) is 4.79 Å². The molecule has 94 valence electrons. The van der Waals surface area contributed by atoms with E-state index in [1.165, 1.54) is 0 Å². The minimum Gasteiger partial charge on any atom is -0.493 e. The van der Waals surface area contributed by atoms with Crippen LogP contribution in [0.5, 0.6) is 11.5 Å². The van der Waals surface area contributed by atoms with Crippen LogP contribution in [0.15, 0.2) is 12.1 Å². The molecule has 0 fully saturated rings. The van der Waals surface area contributed by atoms with E-state index < -0.39 is 0 Å². The molecule has 0 atom stereocenters. The highest BCUT2D eigenvalue weighted by Crippen LogP contribution is 2.31. The lowest BCUT2D eigenvalue weighted by Crippen LogP contribution is -2.09. The molecule has 0 unspecified atom stereocenters. The quantitative estimate of drug-likeness (QED) is 0.604. The predicted molar refractivity (Wildman–Crippen MR) is 72.6 cm³/mol. The summed E-state index contributed by atoms with van der Waals surface area (Å²) < 4.78 is 16.2. The van der Waals surface area contributed by atoms with Crippen molar-refractivity contribution < 1.29 is 19.0 Å². The first-order valence-corrected chi connectivity index (χ1v) is 6.26. The first-order chi connectivity index (χ1) is 8.12. The Morgan fingerprint density at radius 3 is 2.35 bits per heavy atom. The molecule has 0 bridgehead atoms. The van der Waals surface area contributed by atoms with Gasteiger partial charge in [0.1, 0.15) is 0 Å². The van der Waals surface area contributed by atoms with Gasteiger partial charge in [-0.25, -0.2) is 0 Å². The molecule has 5 heteroatoms. The number of ether oxygens (including phenoxy) is 3. The molecular formula is C12H15IO4. The zero-order chi connectivity index (χ0) is 12.8. The van der Waals surface area contributed by atoms with Crippen molar-refractivity contribution >= 4 is 28.6 Å². The lowest BCUT2D eigenvalue weighted by molar-refractivity contribution is -0.142. The van der Waals surface area contributed by atoms with Crippen LogP contribution in [0.4, 0.5) is 0 Å². The Morgan fingerprint density at radius 2 is 1.82 bits per heavy atom. The topological polar surface area (TPSA) is 44.8 Å². The number of carbonyl (C=O) groups excluding carboxylic acids is 1. The van der Waals surface area contributed by atoms with Crippen molar-refractivity contribution in [2.75, 3.05) is 20.8 Å². The molecular weight excluding hydrogens is 335 g/mol. The van der Waals surface area contributed by atoms with Gasteiger partial charge in [0.15, 0.2) is 11.5 Å². The van der Waals surface area contributed by atoms with Crippen LogP contribution in [0, 0.1) is 3.57 Å². The summed E-state index contributed by atoms with van der Waals surface area (Å²) >= 11 is 2.16. The third-order valence-electron chi connectivity index (χ3n) is 2.19. The van der Waals surface area contributed by atoms with Crippen molar-refractivity contribution in [2.24, 2.45) is 0 Å². The van der Waals surface area contributed by atoms with Crippen LogP contribution in [0.3, 0.4) is 0 Å². The second-order valence-electron chi connectivity index (χ2n) is 3.28. The molecule has 1 rings (SSSR count). The Labute approximate surface area is 114 Å². The highest BCUT2D eigenvalue weighted by Gasteiger charge is 2.12. The van der Waals surface area contributed by atoms with Gasteiger partial charge < -0.3 is 14.2 Å². The zero-order valence-electron chi connectivity index (χ0n) is 10.1. The monoisotopic (exact) mass is 350 g/mol. The lowest BCUT2D eigenvalue weighted by atomic mass is 10.1. The molecule has 0 aromatic heterocycles. The van der Waals surface area contributed by atoms with Crippen molar-refractivity contribution in [3.63, 3.8) is 0 Å². The summed E-state index contributed by atoms with van der Waals surface area (Å²) in [6.07, 6.45) is 0.243. The first-order valence-electron chi connectivity index (χ1n) is 5.18. The molecule has 0 N–H and O–H groups in total. The van der Waals surface area contributed by atoms with Crippen molar-refractivity contribution in [3.8, 4) is 11.5 Å². The smallest absolute Gasteiger partial charge is 0.310 e. The largest absolute Gasteiger partial charge is 0.493 e. The van der Waals surface area contributed by atoms with E-state index in [1.807, 2.05) is 6.07 Å². The normalized spacial score (nSPS) is 9.88. The fourth-order valence-corrected chi connectivity index (χ4v) is 2.03. The van der Waals surface area contributed by atoms with Gasteiger partial charge >= 0.3 is 5.97 Å². The van der Waals surface area contributed by atoms with Crippen molar-refractivity contribution in [2.45, 2.75) is 13.3 Å². The van der Waals surface area contributed by atoms with Gasteiger partial charge in [0.05, 0.1) is 27.2 Å². The van der Waals surface area contributed by atoms with E-state index in [0.29, 0.717) is 18.1 Å². The summed E-state index contributed by atoms with van der Waals surface area (Å²) in [5, 5.41) is 0. The summed E-state index contributed by atoms with van der Waals surface area (Å²) in [7, 11) is 3.15. The zero-order valence-corrected chi connectivity index (χ0v) is 12.2. The van der Waals surface area contributed by atoms with Crippen LogP contribution < -0.4 is 9.47 Å².